The number of nitrogens with zero attached hydrogens (tertiary/aromatic N) is 2. The number of likely N-dealkylation sites (tertiary alicyclic amines) is 1. The Labute approximate surface area is 108 Å². The van der Waals surface area contributed by atoms with Crippen LogP contribution in [0.5, 0.6) is 0 Å². The van der Waals surface area contributed by atoms with Crippen molar-refractivity contribution in [1.82, 2.24) is 4.90 Å². The molecular weight excluding hydrogens is 228 g/mol. The summed E-state index contributed by atoms with van der Waals surface area (Å²) in [7, 11) is 0. The van der Waals surface area contributed by atoms with Gasteiger partial charge in [0.05, 0.1) is 18.3 Å². The second-order valence-electron chi connectivity index (χ2n) is 6.09. The number of carbonyl (C=O) groups excluding carboxylic acids is 1. The highest BCUT2D eigenvalue weighted by atomic mass is 16.5. The fourth-order valence-electron chi connectivity index (χ4n) is 3.82. The molecule has 18 heavy (non-hydrogen) atoms. The van der Waals surface area contributed by atoms with Crippen molar-refractivity contribution in [2.24, 2.45) is 11.3 Å². The van der Waals surface area contributed by atoms with Crippen LogP contribution in [0.3, 0.4) is 0 Å². The number of rotatable bonds is 1. The summed E-state index contributed by atoms with van der Waals surface area (Å²) in [5.41, 5.74) is -0.718. The average Bonchev–Trinajstić information content (AvgIpc) is 3.01. The van der Waals surface area contributed by atoms with Gasteiger partial charge in [-0.15, -0.1) is 0 Å². The van der Waals surface area contributed by atoms with E-state index in [9.17, 15) is 10.1 Å². The lowest BCUT2D eigenvalue weighted by Gasteiger charge is -2.27. The van der Waals surface area contributed by atoms with Gasteiger partial charge in [0.2, 0.25) is 5.91 Å². The molecule has 3 aliphatic rings. The molecule has 2 heterocycles. The van der Waals surface area contributed by atoms with Crippen molar-refractivity contribution in [1.29, 1.82) is 5.26 Å². The Morgan fingerprint density at radius 1 is 1.39 bits per heavy atom. The van der Waals surface area contributed by atoms with E-state index in [1.165, 1.54) is 0 Å². The van der Waals surface area contributed by atoms with E-state index in [1.54, 1.807) is 0 Å². The molecule has 0 aromatic carbocycles. The summed E-state index contributed by atoms with van der Waals surface area (Å²) in [6.45, 7) is 3.58. The van der Waals surface area contributed by atoms with Gasteiger partial charge in [0.1, 0.15) is 5.41 Å². The molecule has 0 aromatic rings. The van der Waals surface area contributed by atoms with Gasteiger partial charge in [-0.3, -0.25) is 4.79 Å². The minimum absolute atomic E-state index is 0.0631. The lowest BCUT2D eigenvalue weighted by atomic mass is 9.86. The van der Waals surface area contributed by atoms with Gasteiger partial charge in [0.15, 0.2) is 0 Å². The molecule has 3 rings (SSSR count). The van der Waals surface area contributed by atoms with Gasteiger partial charge >= 0.3 is 0 Å². The van der Waals surface area contributed by atoms with Crippen molar-refractivity contribution >= 4 is 5.91 Å². The monoisotopic (exact) mass is 248 g/mol. The van der Waals surface area contributed by atoms with Crippen LogP contribution in [-0.4, -0.2) is 36.1 Å². The first-order valence-corrected chi connectivity index (χ1v) is 7.01. The lowest BCUT2D eigenvalue weighted by Crippen LogP contribution is -2.41. The predicted molar refractivity (Wildman–Crippen MR) is 65.5 cm³/mol. The number of hydrogen-bond acceptors (Lipinski definition) is 3. The molecule has 0 spiro atoms. The second-order valence-corrected chi connectivity index (χ2v) is 6.09. The Balaban J connectivity index is 1.70. The van der Waals surface area contributed by atoms with Crippen LogP contribution in [0.25, 0.3) is 0 Å². The minimum Gasteiger partial charge on any atom is -0.373 e. The summed E-state index contributed by atoms with van der Waals surface area (Å²) in [6, 6.07) is 2.30. The molecule has 2 aliphatic heterocycles. The Morgan fingerprint density at radius 2 is 2.11 bits per heavy atom. The number of hydrogen-bond donors (Lipinski definition) is 0. The quantitative estimate of drug-likeness (QED) is 0.709. The third-order valence-corrected chi connectivity index (χ3v) is 4.79. The van der Waals surface area contributed by atoms with E-state index in [0.29, 0.717) is 18.6 Å². The van der Waals surface area contributed by atoms with Crippen LogP contribution in [0.2, 0.25) is 0 Å². The topological polar surface area (TPSA) is 53.3 Å². The highest BCUT2D eigenvalue weighted by molar-refractivity contribution is 5.86. The zero-order valence-corrected chi connectivity index (χ0v) is 10.9. The average molecular weight is 248 g/mol. The largest absolute Gasteiger partial charge is 0.373 e. The van der Waals surface area contributed by atoms with E-state index < -0.39 is 5.41 Å². The number of ether oxygens (including phenoxy) is 1. The van der Waals surface area contributed by atoms with Crippen molar-refractivity contribution in [3.05, 3.63) is 0 Å². The molecule has 3 fully saturated rings. The normalized spacial score (nSPS) is 37.6. The highest BCUT2D eigenvalue weighted by Gasteiger charge is 2.49. The smallest absolute Gasteiger partial charge is 0.243 e. The highest BCUT2D eigenvalue weighted by Crippen LogP contribution is 2.41. The Hall–Kier alpha value is -1.08. The van der Waals surface area contributed by atoms with Gasteiger partial charge in [-0.1, -0.05) is 12.8 Å². The standard InChI is InChI=1S/C14H20N2O2/c1-10-6-11-7-16(8-12(11)18-10)13(17)14(9-15)4-2-3-5-14/h10-12H,2-8H2,1H3/t10-,11+,12-/m0/s1. The van der Waals surface area contributed by atoms with Gasteiger partial charge in [0, 0.05) is 19.0 Å². The second kappa shape index (κ2) is 4.24. The zero-order chi connectivity index (χ0) is 12.8. The van der Waals surface area contributed by atoms with Crippen molar-refractivity contribution in [3.8, 4) is 6.07 Å². The first-order valence-electron chi connectivity index (χ1n) is 7.01. The third kappa shape index (κ3) is 1.73. The minimum atomic E-state index is -0.718. The first kappa shape index (κ1) is 12.0. The van der Waals surface area contributed by atoms with Crippen LogP contribution < -0.4 is 0 Å². The molecule has 0 bridgehead atoms. The van der Waals surface area contributed by atoms with E-state index >= 15 is 0 Å². The SMILES string of the molecule is C[C@H]1C[C@@H]2CN(C(=O)C3(C#N)CCCC3)C[C@@H]2O1. The molecule has 0 N–H and O–H groups in total. The molecular formula is C14H20N2O2. The third-order valence-electron chi connectivity index (χ3n) is 4.79. The van der Waals surface area contributed by atoms with E-state index in [2.05, 4.69) is 13.0 Å². The van der Waals surface area contributed by atoms with E-state index in [-0.39, 0.29) is 12.0 Å². The predicted octanol–water partition coefficient (Wildman–Crippen LogP) is 1.71. The van der Waals surface area contributed by atoms with Crippen molar-refractivity contribution in [2.75, 3.05) is 13.1 Å². The maximum atomic E-state index is 12.6. The summed E-state index contributed by atoms with van der Waals surface area (Å²) in [4.78, 5) is 14.4. The van der Waals surface area contributed by atoms with E-state index in [4.69, 9.17) is 4.74 Å². The molecule has 1 aliphatic carbocycles. The summed E-state index contributed by atoms with van der Waals surface area (Å²) < 4.78 is 5.82. The van der Waals surface area contributed by atoms with Crippen LogP contribution in [0, 0.1) is 22.7 Å². The number of amides is 1. The number of nitriles is 1. The molecule has 98 valence electrons. The molecule has 4 heteroatoms. The van der Waals surface area contributed by atoms with Crippen LogP contribution >= 0.6 is 0 Å². The van der Waals surface area contributed by atoms with Gasteiger partial charge in [-0.25, -0.2) is 0 Å². The van der Waals surface area contributed by atoms with Crippen molar-refractivity contribution in [2.45, 2.75) is 51.2 Å². The van der Waals surface area contributed by atoms with Gasteiger partial charge < -0.3 is 9.64 Å². The summed E-state index contributed by atoms with van der Waals surface area (Å²) in [6.07, 6.45) is 5.08. The summed E-state index contributed by atoms with van der Waals surface area (Å²) >= 11 is 0. The number of carbonyl (C=O) groups is 1. The van der Waals surface area contributed by atoms with Crippen molar-refractivity contribution < 1.29 is 9.53 Å². The molecule has 0 radical (unpaired) electrons. The summed E-state index contributed by atoms with van der Waals surface area (Å²) in [5.74, 6) is 0.550. The molecule has 2 saturated heterocycles. The molecule has 0 unspecified atom stereocenters. The van der Waals surface area contributed by atoms with Crippen LogP contribution in [0.15, 0.2) is 0 Å². The fraction of sp³-hybridized carbons (Fsp3) is 0.857. The zero-order valence-electron chi connectivity index (χ0n) is 10.9. The maximum absolute atomic E-state index is 12.6. The molecule has 1 amide bonds. The van der Waals surface area contributed by atoms with E-state index in [0.717, 1.165) is 38.6 Å². The Morgan fingerprint density at radius 3 is 2.72 bits per heavy atom. The summed E-state index contributed by atoms with van der Waals surface area (Å²) in [5, 5.41) is 9.36. The van der Waals surface area contributed by atoms with Crippen LogP contribution in [0.1, 0.15) is 39.0 Å². The van der Waals surface area contributed by atoms with Gasteiger partial charge in [0.25, 0.3) is 0 Å². The number of fused-ring (bicyclic) bond motifs is 1. The Bertz CT molecular complexity index is 381. The molecule has 1 saturated carbocycles. The van der Waals surface area contributed by atoms with E-state index in [1.807, 2.05) is 4.90 Å². The first-order chi connectivity index (χ1) is 8.64. The molecule has 3 atom stereocenters. The Kier molecular flexibility index (Phi) is 2.82. The molecule has 4 nitrogen and oxygen atoms in total. The molecule has 0 aromatic heterocycles. The van der Waals surface area contributed by atoms with Crippen molar-refractivity contribution in [3.63, 3.8) is 0 Å². The fourth-order valence-corrected chi connectivity index (χ4v) is 3.82. The van der Waals surface area contributed by atoms with Gasteiger partial charge in [-0.05, 0) is 26.2 Å². The van der Waals surface area contributed by atoms with Crippen LogP contribution in [0.4, 0.5) is 0 Å². The maximum Gasteiger partial charge on any atom is 0.243 e. The van der Waals surface area contributed by atoms with Crippen LogP contribution in [-0.2, 0) is 9.53 Å². The van der Waals surface area contributed by atoms with Gasteiger partial charge in [-0.2, -0.15) is 5.26 Å². The lowest BCUT2D eigenvalue weighted by molar-refractivity contribution is -0.138.